The fourth-order valence-corrected chi connectivity index (χ4v) is 7.56. The number of anilines is 2. The van der Waals surface area contributed by atoms with E-state index in [9.17, 15) is 31.8 Å². The van der Waals surface area contributed by atoms with Crippen LogP contribution in [0, 0.1) is 0 Å². The van der Waals surface area contributed by atoms with Crippen molar-refractivity contribution >= 4 is 59.6 Å². The first-order valence-electron chi connectivity index (χ1n) is 15.4. The van der Waals surface area contributed by atoms with Gasteiger partial charge in [-0.15, -0.1) is 0 Å². The van der Waals surface area contributed by atoms with Gasteiger partial charge < -0.3 is 28.7 Å². The highest BCUT2D eigenvalue weighted by molar-refractivity contribution is 7.93. The molecule has 0 fully saturated rings. The molecule has 0 saturated carbocycles. The van der Waals surface area contributed by atoms with Crippen molar-refractivity contribution < 1.29 is 50.4 Å². The molecule has 0 radical (unpaired) electrons. The SMILES string of the molecule is C.C.CCc1ccc(OC)c(S(=O)(=O)Nc2noc3c(C(=O)O)cccc23)c1.CCc1ccc(OC)c(S(=O)(=O)Nc2noc3c(CO)cccc23)c1. The van der Waals surface area contributed by atoms with Crippen molar-refractivity contribution in [3.8, 4) is 11.5 Å². The molecule has 4 aromatic carbocycles. The number of aliphatic hydroxyl groups is 1. The fourth-order valence-electron chi connectivity index (χ4n) is 5.09. The van der Waals surface area contributed by atoms with Crippen LogP contribution >= 0.6 is 0 Å². The molecule has 0 amide bonds. The molecule has 0 aliphatic carbocycles. The number of sulfonamides is 2. The van der Waals surface area contributed by atoms with Crippen molar-refractivity contribution in [2.24, 2.45) is 0 Å². The third kappa shape index (κ3) is 8.70. The van der Waals surface area contributed by atoms with Crippen LogP contribution in [0.5, 0.6) is 11.5 Å². The monoisotopic (exact) mass is 770 g/mol. The molecule has 0 bridgehead atoms. The third-order valence-electron chi connectivity index (χ3n) is 7.79. The number of fused-ring (bicyclic) bond motifs is 2. The van der Waals surface area contributed by atoms with Crippen LogP contribution in [0.4, 0.5) is 11.6 Å². The Morgan fingerprint density at radius 2 is 1.17 bits per heavy atom. The molecule has 0 aliphatic heterocycles. The predicted octanol–water partition coefficient (Wildman–Crippen LogP) is 6.86. The summed E-state index contributed by atoms with van der Waals surface area (Å²) < 4.78 is 76.6. The lowest BCUT2D eigenvalue weighted by atomic mass is 10.1. The van der Waals surface area contributed by atoms with Crippen molar-refractivity contribution in [1.82, 2.24) is 10.3 Å². The molecule has 0 atom stereocenters. The minimum Gasteiger partial charge on any atom is -0.495 e. The van der Waals surface area contributed by atoms with Crippen LogP contribution in [0.15, 0.2) is 91.6 Å². The van der Waals surface area contributed by atoms with E-state index in [1.165, 1.54) is 38.5 Å². The molecular weight excluding hydrogens is 729 g/mol. The number of aromatic carboxylic acids is 1. The number of ether oxygens (including phenoxy) is 2. The van der Waals surface area contributed by atoms with E-state index in [0.717, 1.165) is 11.1 Å². The van der Waals surface area contributed by atoms with E-state index in [4.69, 9.17) is 18.5 Å². The van der Waals surface area contributed by atoms with E-state index in [0.29, 0.717) is 29.4 Å². The normalized spacial score (nSPS) is 11.1. The lowest BCUT2D eigenvalue weighted by Gasteiger charge is -2.11. The number of aliphatic hydroxyl groups excluding tert-OH is 1. The van der Waals surface area contributed by atoms with Crippen molar-refractivity contribution in [2.75, 3.05) is 23.7 Å². The number of para-hydroxylation sites is 2. The van der Waals surface area contributed by atoms with Crippen molar-refractivity contribution in [3.05, 3.63) is 95.1 Å². The average Bonchev–Trinajstić information content (AvgIpc) is 3.74. The highest BCUT2D eigenvalue weighted by atomic mass is 32.2. The van der Waals surface area contributed by atoms with Crippen LogP contribution in [0.3, 0.4) is 0 Å². The maximum Gasteiger partial charge on any atom is 0.339 e. The zero-order chi connectivity index (χ0) is 36.9. The van der Waals surface area contributed by atoms with Gasteiger partial charge in [0.1, 0.15) is 26.9 Å². The van der Waals surface area contributed by atoms with Gasteiger partial charge in [0.25, 0.3) is 20.0 Å². The summed E-state index contributed by atoms with van der Waals surface area (Å²) in [4.78, 5) is 11.2. The number of hydrogen-bond donors (Lipinski definition) is 4. The van der Waals surface area contributed by atoms with Crippen LogP contribution < -0.4 is 18.9 Å². The minimum absolute atomic E-state index is 0. The van der Waals surface area contributed by atoms with E-state index in [1.54, 1.807) is 42.5 Å². The molecule has 0 unspecified atom stereocenters. The van der Waals surface area contributed by atoms with Gasteiger partial charge in [-0.3, -0.25) is 9.44 Å². The molecule has 6 aromatic rings. The predicted molar refractivity (Wildman–Crippen MR) is 201 cm³/mol. The Balaban J connectivity index is 0.000000275. The highest BCUT2D eigenvalue weighted by Gasteiger charge is 2.25. The Labute approximate surface area is 307 Å². The van der Waals surface area contributed by atoms with E-state index in [1.807, 2.05) is 19.9 Å². The van der Waals surface area contributed by atoms with Crippen LogP contribution in [0.1, 0.15) is 55.7 Å². The largest absolute Gasteiger partial charge is 0.495 e. The zero-order valence-electron chi connectivity index (χ0n) is 27.8. The fraction of sp³-hybridized carbons (Fsp3) is 0.250. The molecule has 2 heterocycles. The number of carboxylic acid groups (broad SMARTS) is 1. The van der Waals surface area contributed by atoms with Gasteiger partial charge >= 0.3 is 5.97 Å². The second-order valence-electron chi connectivity index (χ2n) is 10.9. The third-order valence-corrected chi connectivity index (χ3v) is 10.5. The van der Waals surface area contributed by atoms with E-state index < -0.39 is 26.0 Å². The molecule has 0 spiro atoms. The lowest BCUT2D eigenvalue weighted by Crippen LogP contribution is -2.15. The first kappa shape index (κ1) is 41.8. The van der Waals surface area contributed by atoms with Crippen LogP contribution in [-0.4, -0.2) is 57.6 Å². The van der Waals surface area contributed by atoms with Gasteiger partial charge in [0, 0.05) is 5.56 Å². The number of benzene rings is 4. The Hall–Kier alpha value is -5.65. The molecule has 53 heavy (non-hydrogen) atoms. The van der Waals surface area contributed by atoms with Gasteiger partial charge in [0.15, 0.2) is 22.8 Å². The van der Waals surface area contributed by atoms with Gasteiger partial charge in [-0.2, -0.15) is 0 Å². The summed E-state index contributed by atoms with van der Waals surface area (Å²) in [5, 5.41) is 26.7. The molecule has 4 N–H and O–H groups in total. The maximum absolute atomic E-state index is 12.8. The summed E-state index contributed by atoms with van der Waals surface area (Å²) in [6.07, 6.45) is 1.35. The second kappa shape index (κ2) is 17.2. The second-order valence-corrected chi connectivity index (χ2v) is 14.2. The molecular formula is C36H42N4O11S2. The van der Waals surface area contributed by atoms with E-state index >= 15 is 0 Å². The number of rotatable bonds is 12. The lowest BCUT2D eigenvalue weighted by molar-refractivity contribution is 0.0697. The Kier molecular flexibility index (Phi) is 13.6. The van der Waals surface area contributed by atoms with Crippen molar-refractivity contribution in [3.63, 3.8) is 0 Å². The number of nitrogens with zero attached hydrogens (tertiary/aromatic N) is 2. The molecule has 15 nitrogen and oxygen atoms in total. The topological polar surface area (TPSA) is 220 Å². The number of nitrogens with one attached hydrogen (secondary N) is 2. The Morgan fingerprint density at radius 3 is 1.60 bits per heavy atom. The van der Waals surface area contributed by atoms with Gasteiger partial charge in [0.2, 0.25) is 0 Å². The van der Waals surface area contributed by atoms with E-state index in [-0.39, 0.29) is 70.9 Å². The number of methoxy groups -OCH3 is 2. The van der Waals surface area contributed by atoms with Crippen LogP contribution in [0.25, 0.3) is 21.9 Å². The quantitative estimate of drug-likeness (QED) is 0.100. The first-order valence-corrected chi connectivity index (χ1v) is 18.3. The summed E-state index contributed by atoms with van der Waals surface area (Å²) in [5.74, 6) is -0.790. The molecule has 6 rings (SSSR count). The summed E-state index contributed by atoms with van der Waals surface area (Å²) in [7, 11) is -5.16. The molecule has 2 aromatic heterocycles. The smallest absolute Gasteiger partial charge is 0.339 e. The number of hydrogen-bond acceptors (Lipinski definition) is 12. The van der Waals surface area contributed by atoms with Crippen LogP contribution in [0.2, 0.25) is 0 Å². The van der Waals surface area contributed by atoms with Gasteiger partial charge in [-0.05, 0) is 66.4 Å². The number of aryl methyl sites for hydroxylation is 2. The number of carboxylic acids is 1. The summed E-state index contributed by atoms with van der Waals surface area (Å²) in [6.45, 7) is 3.61. The maximum atomic E-state index is 12.8. The number of aromatic nitrogens is 2. The number of carbonyl (C=O) groups is 1. The average molecular weight is 771 g/mol. The summed E-state index contributed by atoms with van der Waals surface area (Å²) in [6, 6.07) is 19.3. The Bertz CT molecular complexity index is 2440. The molecule has 17 heteroatoms. The van der Waals surface area contributed by atoms with E-state index in [2.05, 4.69) is 19.8 Å². The van der Waals surface area contributed by atoms with Crippen LogP contribution in [-0.2, 0) is 39.5 Å². The standard InChI is InChI=1S/C17H16N2O6S.C17H18N2O5S.2CH4/c1-3-10-7-8-13(24-2)14(9-10)26(22,23)19-16-11-5-4-6-12(17(20)21)15(11)25-18-16;1-3-11-7-8-14(23-2)15(9-11)25(21,22)19-17-13-6-4-5-12(10-20)16(13)24-18-17;;/h4-9H,3H2,1-2H3,(H,18,19)(H,20,21);4-9,20H,3,10H2,1-2H3,(H,18,19);2*1H4. The van der Waals surface area contributed by atoms with Gasteiger partial charge in [0.05, 0.1) is 31.6 Å². The Morgan fingerprint density at radius 1 is 0.717 bits per heavy atom. The minimum atomic E-state index is -4.03. The highest BCUT2D eigenvalue weighted by Crippen LogP contribution is 2.32. The summed E-state index contributed by atoms with van der Waals surface area (Å²) >= 11 is 0. The van der Waals surface area contributed by atoms with Gasteiger partial charge in [-0.1, -0.05) is 69.3 Å². The van der Waals surface area contributed by atoms with Gasteiger partial charge in [-0.25, -0.2) is 21.6 Å². The molecule has 284 valence electrons. The summed E-state index contributed by atoms with van der Waals surface area (Å²) in [5.41, 5.74) is 2.45. The van der Waals surface area contributed by atoms with Crippen molar-refractivity contribution in [2.45, 2.75) is 57.9 Å². The zero-order valence-corrected chi connectivity index (χ0v) is 29.5. The first-order chi connectivity index (χ1) is 24.4. The van der Waals surface area contributed by atoms with Crippen molar-refractivity contribution in [1.29, 1.82) is 0 Å². The molecule has 0 aliphatic rings. The molecule has 0 saturated heterocycles.